The number of aromatic amines is 1. The third-order valence-corrected chi connectivity index (χ3v) is 9.68. The topological polar surface area (TPSA) is 100 Å². The maximum Gasteiger partial charge on any atom is 0.356 e. The number of hydrogen-bond acceptors (Lipinski definition) is 4. The second kappa shape index (κ2) is 8.71. The minimum Gasteiger partial charge on any atom is -0.506 e. The van der Waals surface area contributed by atoms with Crippen LogP contribution in [-0.2, 0) is 13.0 Å². The molecule has 0 aliphatic heterocycles. The van der Waals surface area contributed by atoms with Gasteiger partial charge in [0.2, 0.25) is 0 Å². The van der Waals surface area contributed by atoms with Gasteiger partial charge in [-0.25, -0.2) is 19.3 Å². The molecule has 8 nitrogen and oxygen atoms in total. The minimum atomic E-state index is -0.534. The Kier molecular flexibility index (Phi) is 5.78. The predicted molar refractivity (Wildman–Crippen MR) is 146 cm³/mol. The highest BCUT2D eigenvalue weighted by Crippen LogP contribution is 2.61. The van der Waals surface area contributed by atoms with E-state index < -0.39 is 11.4 Å². The fourth-order valence-electron chi connectivity index (χ4n) is 7.92. The van der Waals surface area contributed by atoms with Gasteiger partial charge >= 0.3 is 11.4 Å². The average molecular weight is 520 g/mol. The highest BCUT2D eigenvalue weighted by Gasteiger charge is 2.54. The van der Waals surface area contributed by atoms with E-state index in [-0.39, 0.29) is 17.3 Å². The van der Waals surface area contributed by atoms with Gasteiger partial charge in [0.05, 0.1) is 32.9 Å². The number of nitrogens with one attached hydrogen (secondary N) is 1. The fraction of sp³-hybridized carbons (Fsp3) is 0.533. The van der Waals surface area contributed by atoms with Crippen LogP contribution in [0.5, 0.6) is 5.75 Å². The van der Waals surface area contributed by atoms with E-state index in [1.165, 1.54) is 10.2 Å². The van der Waals surface area contributed by atoms with Gasteiger partial charge in [0.1, 0.15) is 18.0 Å². The molecule has 0 spiro atoms. The van der Waals surface area contributed by atoms with Crippen LogP contribution in [0, 0.1) is 17.3 Å². The number of hydrogen-bond donors (Lipinski definition) is 3. The summed E-state index contributed by atoms with van der Waals surface area (Å²) in [6.45, 7) is 3.09. The predicted octanol–water partition coefficient (Wildman–Crippen LogP) is 3.45. The normalized spacial score (nSPS) is 28.6. The lowest BCUT2D eigenvalue weighted by Gasteiger charge is -2.50. The van der Waals surface area contributed by atoms with E-state index in [0.717, 1.165) is 65.2 Å². The monoisotopic (exact) mass is 519 g/mol. The van der Waals surface area contributed by atoms with Gasteiger partial charge in [0.25, 0.3) is 0 Å². The van der Waals surface area contributed by atoms with Gasteiger partial charge in [-0.15, -0.1) is 0 Å². The highest BCUT2D eigenvalue weighted by atomic mass is 16.3. The number of aromatic hydroxyl groups is 1. The van der Waals surface area contributed by atoms with E-state index in [4.69, 9.17) is 0 Å². The lowest BCUT2D eigenvalue weighted by Crippen LogP contribution is -2.44. The second-order valence-corrected chi connectivity index (χ2v) is 13.0. The number of fused-ring (bicyclic) bond motifs is 5. The summed E-state index contributed by atoms with van der Waals surface area (Å²) in [4.78, 5) is 26.6. The molecule has 8 heteroatoms. The fourth-order valence-corrected chi connectivity index (χ4v) is 7.92. The molecule has 3 aliphatic carbocycles. The Bertz CT molecular complexity index is 1490. The van der Waals surface area contributed by atoms with Crippen LogP contribution in [0.1, 0.15) is 61.6 Å². The van der Waals surface area contributed by atoms with Crippen molar-refractivity contribution in [2.75, 3.05) is 21.1 Å². The van der Waals surface area contributed by atoms with Crippen molar-refractivity contribution in [3.05, 3.63) is 74.1 Å². The van der Waals surface area contributed by atoms with Crippen molar-refractivity contribution < 1.29 is 14.7 Å². The number of nitrogens with zero attached hydrogens (tertiary/aromatic N) is 3. The first-order valence-electron chi connectivity index (χ1n) is 13.8. The molecule has 0 saturated heterocycles. The zero-order chi connectivity index (χ0) is 27.0. The van der Waals surface area contributed by atoms with E-state index >= 15 is 0 Å². The van der Waals surface area contributed by atoms with Gasteiger partial charge in [-0.3, -0.25) is 0 Å². The number of quaternary nitrogens is 1. The number of rotatable bonds is 4. The molecule has 202 valence electrons. The summed E-state index contributed by atoms with van der Waals surface area (Å²) >= 11 is 0. The third-order valence-electron chi connectivity index (χ3n) is 9.68. The molecule has 3 aromatic rings. The van der Waals surface area contributed by atoms with E-state index in [1.807, 2.05) is 18.2 Å². The lowest BCUT2D eigenvalue weighted by atomic mass is 9.55. The van der Waals surface area contributed by atoms with Crippen LogP contribution < -0.4 is 11.4 Å². The zero-order valence-corrected chi connectivity index (χ0v) is 22.8. The summed E-state index contributed by atoms with van der Waals surface area (Å²) in [7, 11) is 6.34. The van der Waals surface area contributed by atoms with Crippen molar-refractivity contribution in [1.82, 2.24) is 14.3 Å². The summed E-state index contributed by atoms with van der Waals surface area (Å²) in [6.07, 6.45) is 5.35. The van der Waals surface area contributed by atoms with Gasteiger partial charge in [-0.2, -0.15) is 4.68 Å². The minimum absolute atomic E-state index is 0.00655. The van der Waals surface area contributed by atoms with E-state index in [0.29, 0.717) is 29.1 Å². The molecule has 1 aromatic heterocycles. The van der Waals surface area contributed by atoms with Crippen molar-refractivity contribution in [3.63, 3.8) is 0 Å². The molecule has 0 radical (unpaired) electrons. The first-order chi connectivity index (χ1) is 18.0. The van der Waals surface area contributed by atoms with Crippen LogP contribution in [-0.4, -0.2) is 56.3 Å². The third kappa shape index (κ3) is 3.88. The van der Waals surface area contributed by atoms with Crippen molar-refractivity contribution in [1.29, 1.82) is 0 Å². The highest BCUT2D eigenvalue weighted by molar-refractivity contribution is 5.57. The Morgan fingerprint density at radius 1 is 1.03 bits per heavy atom. The van der Waals surface area contributed by atoms with Crippen LogP contribution in [0.2, 0.25) is 0 Å². The molecule has 2 aromatic carbocycles. The van der Waals surface area contributed by atoms with Crippen molar-refractivity contribution in [3.8, 4) is 17.1 Å². The van der Waals surface area contributed by atoms with E-state index in [1.54, 1.807) is 18.2 Å². The first kappa shape index (κ1) is 25.2. The molecule has 6 rings (SSSR count). The Morgan fingerprint density at radius 3 is 2.47 bits per heavy atom. The Labute approximate surface area is 222 Å². The molecular weight excluding hydrogens is 480 g/mol. The molecule has 38 heavy (non-hydrogen) atoms. The number of aliphatic hydroxyl groups is 1. The largest absolute Gasteiger partial charge is 0.506 e. The summed E-state index contributed by atoms with van der Waals surface area (Å²) in [6, 6.07) is 11.2. The van der Waals surface area contributed by atoms with Gasteiger partial charge in [-0.1, -0.05) is 25.1 Å². The number of phenols is 1. The van der Waals surface area contributed by atoms with Crippen LogP contribution >= 0.6 is 0 Å². The van der Waals surface area contributed by atoms with Gasteiger partial charge in [0.15, 0.2) is 0 Å². The van der Waals surface area contributed by atoms with E-state index in [2.05, 4.69) is 33.2 Å². The standard InChI is InChI=1S/C30H38N4O4/c1-30-16-15-21-20-11-13-25(35)27(23(20)10-9-22(21)24(30)12-14-26(30)36)33-29(38)32(28(37)31-33)19-7-5-18(6-8-19)17-34(2,3)4/h5-8,11,13,21-22,24,26,36H,9-10,12,14-17H2,1-4H3,(H-,31,35,37)/p+1/t21-,22-,24+,26+,30+/m1/s1. The Balaban J connectivity index is 1.38. The maximum absolute atomic E-state index is 13.6. The molecule has 2 saturated carbocycles. The zero-order valence-electron chi connectivity index (χ0n) is 22.8. The number of phenolic OH excluding ortho intramolecular Hbond substituents is 1. The first-order valence-corrected chi connectivity index (χ1v) is 13.8. The van der Waals surface area contributed by atoms with Gasteiger partial charge in [0, 0.05) is 5.56 Å². The summed E-state index contributed by atoms with van der Waals surface area (Å²) in [5.41, 5.74) is 3.06. The second-order valence-electron chi connectivity index (χ2n) is 13.0. The van der Waals surface area contributed by atoms with Crippen molar-refractivity contribution >= 4 is 0 Å². The van der Waals surface area contributed by atoms with E-state index in [9.17, 15) is 19.8 Å². The van der Waals surface area contributed by atoms with Gasteiger partial charge < -0.3 is 14.7 Å². The summed E-state index contributed by atoms with van der Waals surface area (Å²) in [5.74, 6) is 1.30. The summed E-state index contributed by atoms with van der Waals surface area (Å²) in [5, 5.41) is 24.4. The average Bonchev–Trinajstić information content (AvgIpc) is 3.32. The molecule has 2 fully saturated rings. The molecule has 0 unspecified atom stereocenters. The molecule has 3 aliphatic rings. The smallest absolute Gasteiger partial charge is 0.356 e. The van der Waals surface area contributed by atoms with Gasteiger partial charge in [-0.05, 0) is 91.0 Å². The molecule has 0 amide bonds. The van der Waals surface area contributed by atoms with Crippen LogP contribution in [0.4, 0.5) is 0 Å². The lowest BCUT2D eigenvalue weighted by molar-refractivity contribution is -0.884. The number of aliphatic hydroxyl groups excluding tert-OH is 1. The summed E-state index contributed by atoms with van der Waals surface area (Å²) < 4.78 is 3.13. The quantitative estimate of drug-likeness (QED) is 0.460. The van der Waals surface area contributed by atoms with Crippen LogP contribution in [0.3, 0.4) is 0 Å². The Hall–Kier alpha value is -3.10. The SMILES string of the molecule is C[C@]12CC[C@@H]3c4ccc(O)c(-n5[nH]c(=O)n(-c6ccc(C[N+](C)(C)C)cc6)c5=O)c4CC[C@H]3[C@@H]1CC[C@@H]2O. The van der Waals surface area contributed by atoms with Crippen LogP contribution in [0.15, 0.2) is 46.0 Å². The Morgan fingerprint density at radius 2 is 1.76 bits per heavy atom. The van der Waals surface area contributed by atoms with Crippen LogP contribution in [0.25, 0.3) is 11.4 Å². The number of aromatic nitrogens is 3. The molecule has 5 atom stereocenters. The molecular formula is C30H39N4O4+. The maximum atomic E-state index is 13.6. The molecule has 0 bridgehead atoms. The number of benzene rings is 2. The van der Waals surface area contributed by atoms with Crippen molar-refractivity contribution in [2.45, 2.75) is 64.0 Å². The van der Waals surface area contributed by atoms with Crippen molar-refractivity contribution in [2.24, 2.45) is 17.3 Å². The number of H-pyrrole nitrogens is 1. The molecule has 1 heterocycles. The molecule has 3 N–H and O–H groups in total.